The van der Waals surface area contributed by atoms with Gasteiger partial charge in [-0.1, -0.05) is 0 Å². The minimum absolute atomic E-state index is 0.0896. The van der Waals surface area contributed by atoms with Crippen LogP contribution >= 0.6 is 11.8 Å². The van der Waals surface area contributed by atoms with Gasteiger partial charge in [0.2, 0.25) is 0 Å². The van der Waals surface area contributed by atoms with Crippen LogP contribution in [0.5, 0.6) is 0 Å². The monoisotopic (exact) mass is 459 g/mol. The second kappa shape index (κ2) is 7.94. The Morgan fingerprint density at radius 3 is 2.35 bits per heavy atom. The van der Waals surface area contributed by atoms with Crippen LogP contribution in [0.25, 0.3) is 0 Å². The Kier molecular flexibility index (Phi) is 5.96. The lowest BCUT2D eigenvalue weighted by Gasteiger charge is -2.37. The van der Waals surface area contributed by atoms with Gasteiger partial charge in [0.15, 0.2) is 17.2 Å². The number of benzene rings is 1. The Labute approximate surface area is 181 Å². The number of nitrogens with one attached hydrogen (secondary N) is 1. The molecule has 1 aromatic rings. The predicted octanol–water partition coefficient (Wildman–Crippen LogP) is 2.34. The number of fused-ring (bicyclic) bond motifs is 1. The summed E-state index contributed by atoms with van der Waals surface area (Å²) in [6.07, 6.45) is -2.39. The highest BCUT2D eigenvalue weighted by Crippen LogP contribution is 2.65. The summed E-state index contributed by atoms with van der Waals surface area (Å²) in [5, 5.41) is 32.6. The summed E-state index contributed by atoms with van der Waals surface area (Å²) < 4.78 is 31.8. The minimum atomic E-state index is -2.10. The van der Waals surface area contributed by atoms with E-state index in [1.807, 2.05) is 0 Å². The van der Waals surface area contributed by atoms with Crippen molar-refractivity contribution in [1.82, 2.24) is 5.32 Å². The summed E-state index contributed by atoms with van der Waals surface area (Å²) in [6.45, 7) is 4.75. The Morgan fingerprint density at radius 2 is 1.84 bits per heavy atom. The molecule has 1 amide bonds. The number of aliphatic hydroxyl groups excluding tert-OH is 1. The van der Waals surface area contributed by atoms with Gasteiger partial charge in [-0.05, 0) is 39.0 Å². The van der Waals surface area contributed by atoms with Crippen LogP contribution < -0.4 is 5.32 Å². The first-order valence-electron chi connectivity index (χ1n) is 9.53. The number of rotatable bonds is 6. The molecular weight excluding hydrogens is 436 g/mol. The SMILES string of the molecule is CC(C)(C)OC(=O)NC1(C(=O)O)C(CSc2ccc(F)c(F)c2)C(O)C2C(C(=O)O)C21. The molecule has 6 unspecified atom stereocenters. The number of amides is 1. The standard InChI is InChI=1S/C20H23F2NO7S/c1-19(2,3)30-18(29)23-20(17(27)28)9(15(24)12-13(14(12)20)16(25)26)7-31-8-4-5-10(21)11(22)6-8/h4-6,9,12-15,24H,7H2,1-3H3,(H,23,29)(H,25,26)(H,27,28). The first-order chi connectivity index (χ1) is 14.3. The Hall–Kier alpha value is -2.40. The topological polar surface area (TPSA) is 133 Å². The highest BCUT2D eigenvalue weighted by molar-refractivity contribution is 7.99. The van der Waals surface area contributed by atoms with E-state index in [0.717, 1.165) is 23.9 Å². The third kappa shape index (κ3) is 4.20. The zero-order chi connectivity index (χ0) is 23.3. The van der Waals surface area contributed by atoms with Crippen molar-refractivity contribution < 1.29 is 43.2 Å². The van der Waals surface area contributed by atoms with Crippen molar-refractivity contribution in [3.8, 4) is 0 Å². The molecule has 0 heterocycles. The zero-order valence-electron chi connectivity index (χ0n) is 17.0. The number of hydrogen-bond donors (Lipinski definition) is 4. The molecule has 0 saturated heterocycles. The summed E-state index contributed by atoms with van der Waals surface area (Å²) in [4.78, 5) is 36.7. The van der Waals surface area contributed by atoms with Crippen LogP contribution in [0.15, 0.2) is 23.1 Å². The molecule has 0 aromatic heterocycles. The van der Waals surface area contributed by atoms with Gasteiger partial charge in [-0.3, -0.25) is 4.79 Å². The quantitative estimate of drug-likeness (QED) is 0.477. The fourth-order valence-corrected chi connectivity index (χ4v) is 5.62. The van der Waals surface area contributed by atoms with Crippen LogP contribution in [0.3, 0.4) is 0 Å². The van der Waals surface area contributed by atoms with Gasteiger partial charge in [0.1, 0.15) is 5.60 Å². The fraction of sp³-hybridized carbons (Fsp3) is 0.550. The molecule has 0 aliphatic heterocycles. The van der Waals surface area contributed by atoms with Crippen LogP contribution in [0.2, 0.25) is 0 Å². The number of alkyl carbamates (subject to hydrolysis) is 1. The van der Waals surface area contributed by atoms with E-state index in [4.69, 9.17) is 4.74 Å². The van der Waals surface area contributed by atoms with Gasteiger partial charge >= 0.3 is 18.0 Å². The number of carboxylic acids is 2. The van der Waals surface area contributed by atoms with Crippen LogP contribution in [0, 0.1) is 35.3 Å². The Morgan fingerprint density at radius 1 is 1.19 bits per heavy atom. The van der Waals surface area contributed by atoms with Crippen molar-refractivity contribution in [1.29, 1.82) is 0 Å². The van der Waals surface area contributed by atoms with Gasteiger partial charge in [0.05, 0.1) is 12.0 Å². The van der Waals surface area contributed by atoms with Crippen molar-refractivity contribution in [2.24, 2.45) is 23.7 Å². The lowest BCUT2D eigenvalue weighted by atomic mass is 9.80. The number of aliphatic carboxylic acids is 2. The van der Waals surface area contributed by atoms with E-state index < -0.39 is 70.6 Å². The van der Waals surface area contributed by atoms with E-state index in [-0.39, 0.29) is 10.6 Å². The molecule has 170 valence electrons. The Balaban J connectivity index is 1.91. The second-order valence-corrected chi connectivity index (χ2v) is 9.85. The van der Waals surface area contributed by atoms with Gasteiger partial charge in [0.25, 0.3) is 0 Å². The average molecular weight is 459 g/mol. The summed E-state index contributed by atoms with van der Waals surface area (Å²) in [5.41, 5.74) is -3.03. The number of carbonyl (C=O) groups excluding carboxylic acids is 1. The maximum Gasteiger partial charge on any atom is 0.408 e. The largest absolute Gasteiger partial charge is 0.481 e. The minimum Gasteiger partial charge on any atom is -0.481 e. The molecule has 3 rings (SSSR count). The van der Waals surface area contributed by atoms with Gasteiger partial charge in [0, 0.05) is 28.4 Å². The van der Waals surface area contributed by atoms with Crippen molar-refractivity contribution in [3.63, 3.8) is 0 Å². The van der Waals surface area contributed by atoms with Gasteiger partial charge in [-0.2, -0.15) is 0 Å². The summed E-state index contributed by atoms with van der Waals surface area (Å²) in [5.74, 6) is -9.11. The predicted molar refractivity (Wildman–Crippen MR) is 104 cm³/mol. The first-order valence-corrected chi connectivity index (χ1v) is 10.5. The van der Waals surface area contributed by atoms with Crippen molar-refractivity contribution in [2.45, 2.75) is 42.9 Å². The number of halogens is 2. The molecule has 2 aliphatic carbocycles. The van der Waals surface area contributed by atoms with E-state index in [1.54, 1.807) is 20.8 Å². The van der Waals surface area contributed by atoms with Crippen LogP contribution in [-0.2, 0) is 14.3 Å². The number of carboxylic acid groups (broad SMARTS) is 2. The van der Waals surface area contributed by atoms with E-state index in [9.17, 15) is 38.5 Å². The van der Waals surface area contributed by atoms with E-state index in [1.165, 1.54) is 6.07 Å². The van der Waals surface area contributed by atoms with Crippen LogP contribution in [0.1, 0.15) is 20.8 Å². The first kappa shape index (κ1) is 23.3. The van der Waals surface area contributed by atoms with E-state index in [2.05, 4.69) is 5.32 Å². The molecule has 31 heavy (non-hydrogen) atoms. The lowest BCUT2D eigenvalue weighted by molar-refractivity contribution is -0.150. The smallest absolute Gasteiger partial charge is 0.408 e. The molecule has 6 atom stereocenters. The third-order valence-electron chi connectivity index (χ3n) is 5.66. The summed E-state index contributed by atoms with van der Waals surface area (Å²) in [7, 11) is 0. The molecule has 0 bridgehead atoms. The molecule has 2 aliphatic rings. The molecule has 8 nitrogen and oxygen atoms in total. The zero-order valence-corrected chi connectivity index (χ0v) is 17.8. The highest BCUT2D eigenvalue weighted by atomic mass is 32.2. The lowest BCUT2D eigenvalue weighted by Crippen LogP contribution is -2.63. The summed E-state index contributed by atoms with van der Waals surface area (Å²) >= 11 is 0.967. The maximum atomic E-state index is 13.5. The van der Waals surface area contributed by atoms with E-state index >= 15 is 0 Å². The highest BCUT2D eigenvalue weighted by Gasteiger charge is 2.79. The molecule has 1 aromatic carbocycles. The second-order valence-electron chi connectivity index (χ2n) is 8.75. The number of ether oxygens (including phenoxy) is 1. The molecule has 2 fully saturated rings. The van der Waals surface area contributed by atoms with Crippen molar-refractivity contribution in [2.75, 3.05) is 5.75 Å². The van der Waals surface area contributed by atoms with Crippen molar-refractivity contribution in [3.05, 3.63) is 29.8 Å². The van der Waals surface area contributed by atoms with Gasteiger partial charge in [-0.15, -0.1) is 11.8 Å². The molecule has 4 N–H and O–H groups in total. The molecule has 2 saturated carbocycles. The van der Waals surface area contributed by atoms with Gasteiger partial charge < -0.3 is 25.4 Å². The van der Waals surface area contributed by atoms with Crippen LogP contribution in [0.4, 0.5) is 13.6 Å². The average Bonchev–Trinajstić information content (AvgIpc) is 3.32. The number of carbonyl (C=O) groups is 3. The number of thioether (sulfide) groups is 1. The van der Waals surface area contributed by atoms with Crippen molar-refractivity contribution >= 4 is 29.8 Å². The van der Waals surface area contributed by atoms with Crippen LogP contribution in [-0.4, -0.2) is 56.3 Å². The van der Waals surface area contributed by atoms with Gasteiger partial charge in [-0.25, -0.2) is 18.4 Å². The number of aliphatic hydroxyl groups is 1. The third-order valence-corrected chi connectivity index (χ3v) is 6.77. The maximum absolute atomic E-state index is 13.5. The molecule has 11 heteroatoms. The fourth-order valence-electron chi connectivity index (χ4n) is 4.44. The normalized spacial score (nSPS) is 31.6. The molecular formula is C20H23F2NO7S. The Bertz CT molecular complexity index is 921. The number of hydrogen-bond acceptors (Lipinski definition) is 6. The summed E-state index contributed by atoms with van der Waals surface area (Å²) in [6, 6.07) is 3.16. The van der Waals surface area contributed by atoms with E-state index in [0.29, 0.717) is 0 Å². The molecule has 0 spiro atoms. The molecule has 0 radical (unpaired) electrons.